The fraction of sp³-hybridized carbons (Fsp3) is 0.583. The molecule has 0 bridgehead atoms. The standard InChI is InChI=1S/C12H18O2/c1-5-6-11(13)14-10-8-7-9(2)12(10,3)4/h5-7,10H,8H2,1-4H3. The quantitative estimate of drug-likeness (QED) is 0.384. The second kappa shape index (κ2) is 3.99. The summed E-state index contributed by atoms with van der Waals surface area (Å²) in [4.78, 5) is 11.3. The molecule has 0 N–H and O–H groups in total. The number of rotatable bonds is 2. The number of hydrogen-bond donors (Lipinski definition) is 0. The number of esters is 1. The lowest BCUT2D eigenvalue weighted by molar-refractivity contribution is -0.146. The van der Waals surface area contributed by atoms with E-state index in [1.54, 1.807) is 6.08 Å². The SMILES string of the molecule is CC=CC(=O)OC1CC=C(C)C1(C)C. The summed E-state index contributed by atoms with van der Waals surface area (Å²) in [6.07, 6.45) is 6.13. The number of carbonyl (C=O) groups is 1. The number of hydrogen-bond acceptors (Lipinski definition) is 2. The molecule has 0 heterocycles. The van der Waals surface area contributed by atoms with E-state index in [9.17, 15) is 4.79 Å². The van der Waals surface area contributed by atoms with Crippen molar-refractivity contribution >= 4 is 5.97 Å². The molecule has 0 aromatic carbocycles. The molecule has 0 fully saturated rings. The molecular weight excluding hydrogens is 176 g/mol. The van der Waals surface area contributed by atoms with Gasteiger partial charge in [-0.15, -0.1) is 0 Å². The van der Waals surface area contributed by atoms with Crippen molar-refractivity contribution in [1.29, 1.82) is 0 Å². The molecule has 2 nitrogen and oxygen atoms in total. The van der Waals surface area contributed by atoms with Crippen LogP contribution < -0.4 is 0 Å². The van der Waals surface area contributed by atoms with Crippen molar-refractivity contribution in [2.24, 2.45) is 5.41 Å². The summed E-state index contributed by atoms with van der Waals surface area (Å²) < 4.78 is 5.36. The van der Waals surface area contributed by atoms with Gasteiger partial charge in [-0.3, -0.25) is 0 Å². The van der Waals surface area contributed by atoms with Gasteiger partial charge in [0, 0.05) is 17.9 Å². The van der Waals surface area contributed by atoms with Crippen molar-refractivity contribution in [3.05, 3.63) is 23.8 Å². The molecule has 0 spiro atoms. The molecule has 0 saturated heterocycles. The zero-order chi connectivity index (χ0) is 10.8. The number of carbonyl (C=O) groups excluding carboxylic acids is 1. The van der Waals surface area contributed by atoms with Gasteiger partial charge in [0.25, 0.3) is 0 Å². The Bertz CT molecular complexity index is 285. The molecule has 1 unspecified atom stereocenters. The van der Waals surface area contributed by atoms with Gasteiger partial charge in [0.2, 0.25) is 0 Å². The van der Waals surface area contributed by atoms with Crippen molar-refractivity contribution in [3.8, 4) is 0 Å². The Labute approximate surface area is 85.6 Å². The molecule has 0 aliphatic heterocycles. The molecule has 1 aliphatic rings. The highest BCUT2D eigenvalue weighted by molar-refractivity contribution is 5.82. The van der Waals surface area contributed by atoms with Crippen LogP contribution in [0.25, 0.3) is 0 Å². The lowest BCUT2D eigenvalue weighted by atomic mass is 9.84. The van der Waals surface area contributed by atoms with Gasteiger partial charge < -0.3 is 4.74 Å². The molecule has 0 radical (unpaired) electrons. The second-order valence-corrected chi connectivity index (χ2v) is 4.27. The van der Waals surface area contributed by atoms with Gasteiger partial charge in [0.15, 0.2) is 0 Å². The van der Waals surface area contributed by atoms with Crippen LogP contribution in [0.1, 0.15) is 34.1 Å². The van der Waals surface area contributed by atoms with E-state index < -0.39 is 0 Å². The largest absolute Gasteiger partial charge is 0.458 e. The molecule has 0 amide bonds. The molecular formula is C12H18O2. The summed E-state index contributed by atoms with van der Waals surface area (Å²) >= 11 is 0. The topological polar surface area (TPSA) is 26.3 Å². The van der Waals surface area contributed by atoms with E-state index in [-0.39, 0.29) is 17.5 Å². The van der Waals surface area contributed by atoms with Crippen LogP contribution in [0.15, 0.2) is 23.8 Å². The van der Waals surface area contributed by atoms with E-state index in [0.29, 0.717) is 0 Å². The van der Waals surface area contributed by atoms with Gasteiger partial charge in [-0.05, 0) is 13.8 Å². The van der Waals surface area contributed by atoms with E-state index in [2.05, 4.69) is 26.8 Å². The Balaban J connectivity index is 2.62. The van der Waals surface area contributed by atoms with E-state index >= 15 is 0 Å². The summed E-state index contributed by atoms with van der Waals surface area (Å²) in [6, 6.07) is 0. The third-order valence-electron chi connectivity index (χ3n) is 3.02. The van der Waals surface area contributed by atoms with Crippen LogP contribution in [0, 0.1) is 5.41 Å². The zero-order valence-corrected chi connectivity index (χ0v) is 9.33. The number of ether oxygens (including phenoxy) is 1. The normalized spacial score (nSPS) is 25.1. The van der Waals surface area contributed by atoms with Crippen molar-refractivity contribution in [1.82, 2.24) is 0 Å². The van der Waals surface area contributed by atoms with Crippen molar-refractivity contribution in [2.45, 2.75) is 40.2 Å². The van der Waals surface area contributed by atoms with Crippen LogP contribution in [-0.2, 0) is 9.53 Å². The first-order valence-electron chi connectivity index (χ1n) is 4.99. The van der Waals surface area contributed by atoms with E-state index in [4.69, 9.17) is 4.74 Å². The summed E-state index contributed by atoms with van der Waals surface area (Å²) in [7, 11) is 0. The Morgan fingerprint density at radius 2 is 2.29 bits per heavy atom. The lowest BCUT2D eigenvalue weighted by Gasteiger charge is -2.28. The zero-order valence-electron chi connectivity index (χ0n) is 9.33. The van der Waals surface area contributed by atoms with E-state index in [1.807, 2.05) is 6.92 Å². The highest BCUT2D eigenvalue weighted by Crippen LogP contribution is 2.39. The average molecular weight is 194 g/mol. The van der Waals surface area contributed by atoms with Crippen LogP contribution in [0.2, 0.25) is 0 Å². The van der Waals surface area contributed by atoms with E-state index in [0.717, 1.165) is 6.42 Å². The monoisotopic (exact) mass is 194 g/mol. The van der Waals surface area contributed by atoms with E-state index in [1.165, 1.54) is 11.6 Å². The molecule has 14 heavy (non-hydrogen) atoms. The maximum Gasteiger partial charge on any atom is 0.330 e. The van der Waals surface area contributed by atoms with Gasteiger partial charge in [-0.25, -0.2) is 4.79 Å². The van der Waals surface area contributed by atoms with Crippen LogP contribution in [0.4, 0.5) is 0 Å². The molecule has 1 aliphatic carbocycles. The number of allylic oxidation sites excluding steroid dienone is 1. The predicted octanol–water partition coefficient (Wildman–Crippen LogP) is 2.85. The summed E-state index contributed by atoms with van der Waals surface area (Å²) in [5.74, 6) is -0.242. The van der Waals surface area contributed by atoms with Crippen LogP contribution in [-0.4, -0.2) is 12.1 Å². The first-order valence-corrected chi connectivity index (χ1v) is 4.99. The molecule has 0 aromatic heterocycles. The minimum atomic E-state index is -0.242. The fourth-order valence-corrected chi connectivity index (χ4v) is 1.61. The third-order valence-corrected chi connectivity index (χ3v) is 3.02. The Morgan fingerprint density at radius 1 is 1.64 bits per heavy atom. The van der Waals surface area contributed by atoms with Gasteiger partial charge in [-0.1, -0.05) is 31.6 Å². The van der Waals surface area contributed by atoms with Crippen molar-refractivity contribution in [3.63, 3.8) is 0 Å². The molecule has 0 aromatic rings. The molecule has 78 valence electrons. The summed E-state index contributed by atoms with van der Waals surface area (Å²) in [5.41, 5.74) is 1.29. The lowest BCUT2D eigenvalue weighted by Crippen LogP contribution is -2.30. The van der Waals surface area contributed by atoms with Gasteiger partial charge in [0.05, 0.1) is 0 Å². The third kappa shape index (κ3) is 2.06. The fourth-order valence-electron chi connectivity index (χ4n) is 1.61. The Morgan fingerprint density at radius 3 is 2.71 bits per heavy atom. The average Bonchev–Trinajstić information content (AvgIpc) is 2.32. The minimum absolute atomic E-state index is 0.00815. The summed E-state index contributed by atoms with van der Waals surface area (Å²) in [5, 5.41) is 0. The maximum absolute atomic E-state index is 11.3. The van der Waals surface area contributed by atoms with Gasteiger partial charge in [-0.2, -0.15) is 0 Å². The summed E-state index contributed by atoms with van der Waals surface area (Å²) in [6.45, 7) is 8.12. The van der Waals surface area contributed by atoms with Gasteiger partial charge >= 0.3 is 5.97 Å². The van der Waals surface area contributed by atoms with Gasteiger partial charge in [0.1, 0.15) is 6.10 Å². The van der Waals surface area contributed by atoms with Crippen molar-refractivity contribution < 1.29 is 9.53 Å². The maximum atomic E-state index is 11.3. The molecule has 1 rings (SSSR count). The van der Waals surface area contributed by atoms with Crippen LogP contribution in [0.3, 0.4) is 0 Å². The smallest absolute Gasteiger partial charge is 0.330 e. The highest BCUT2D eigenvalue weighted by Gasteiger charge is 2.37. The molecule has 0 saturated carbocycles. The minimum Gasteiger partial charge on any atom is -0.458 e. The highest BCUT2D eigenvalue weighted by atomic mass is 16.5. The molecule has 1 atom stereocenters. The Hall–Kier alpha value is -1.05. The van der Waals surface area contributed by atoms with Crippen LogP contribution in [0.5, 0.6) is 0 Å². The second-order valence-electron chi connectivity index (χ2n) is 4.27. The predicted molar refractivity (Wildman–Crippen MR) is 56.8 cm³/mol. The van der Waals surface area contributed by atoms with Crippen molar-refractivity contribution in [2.75, 3.05) is 0 Å². The molecule has 2 heteroatoms. The first kappa shape index (κ1) is 11.0. The Kier molecular flexibility index (Phi) is 3.14. The first-order chi connectivity index (χ1) is 6.48. The van der Waals surface area contributed by atoms with Crippen LogP contribution >= 0.6 is 0 Å².